The Labute approximate surface area is 147 Å². The first-order chi connectivity index (χ1) is 9.99. The van der Waals surface area contributed by atoms with Crippen molar-refractivity contribution in [2.24, 2.45) is 0 Å². The van der Waals surface area contributed by atoms with E-state index < -0.39 is 5.38 Å². The van der Waals surface area contributed by atoms with Crippen molar-refractivity contribution in [3.63, 3.8) is 0 Å². The van der Waals surface area contributed by atoms with Gasteiger partial charge < -0.3 is 9.47 Å². The Hall–Kier alpha value is -0.610. The predicted octanol–water partition coefficient (Wildman–Crippen LogP) is 6.10. The van der Waals surface area contributed by atoms with Crippen LogP contribution in [0.25, 0.3) is 0 Å². The van der Waals surface area contributed by atoms with E-state index in [-0.39, 0.29) is 0 Å². The molecule has 6 heteroatoms. The lowest BCUT2D eigenvalue weighted by Crippen LogP contribution is -2.00. The van der Waals surface area contributed by atoms with E-state index in [1.807, 2.05) is 12.1 Å². The van der Waals surface area contributed by atoms with Crippen LogP contribution in [0, 0.1) is 0 Å². The van der Waals surface area contributed by atoms with Gasteiger partial charge in [-0.25, -0.2) is 0 Å². The van der Waals surface area contributed by atoms with Crippen molar-refractivity contribution in [2.45, 2.75) is 5.38 Å². The SMILES string of the molecule is COc1ccc(C(Cl)c2ccc(Cl)cc2Cl)c(OC)c1Br. The summed E-state index contributed by atoms with van der Waals surface area (Å²) in [6, 6.07) is 8.90. The monoisotopic (exact) mass is 408 g/mol. The van der Waals surface area contributed by atoms with Crippen LogP contribution in [-0.2, 0) is 0 Å². The number of methoxy groups -OCH3 is 2. The van der Waals surface area contributed by atoms with E-state index in [0.717, 1.165) is 11.1 Å². The Morgan fingerprint density at radius 3 is 2.24 bits per heavy atom. The Morgan fingerprint density at radius 2 is 1.67 bits per heavy atom. The highest BCUT2D eigenvalue weighted by atomic mass is 79.9. The van der Waals surface area contributed by atoms with Gasteiger partial charge >= 0.3 is 0 Å². The Bertz CT molecular complexity index is 662. The molecule has 0 amide bonds. The van der Waals surface area contributed by atoms with Gasteiger partial charge in [0.2, 0.25) is 0 Å². The van der Waals surface area contributed by atoms with Gasteiger partial charge in [-0.3, -0.25) is 0 Å². The molecule has 0 bridgehead atoms. The smallest absolute Gasteiger partial charge is 0.141 e. The average molecular weight is 411 g/mol. The van der Waals surface area contributed by atoms with Crippen LogP contribution in [0.4, 0.5) is 0 Å². The van der Waals surface area contributed by atoms with Crippen molar-refractivity contribution in [1.82, 2.24) is 0 Å². The van der Waals surface area contributed by atoms with Gasteiger partial charge in [-0.15, -0.1) is 11.6 Å². The molecule has 0 aromatic heterocycles. The predicted molar refractivity (Wildman–Crippen MR) is 91.4 cm³/mol. The minimum absolute atomic E-state index is 0.466. The van der Waals surface area contributed by atoms with Crippen molar-refractivity contribution in [2.75, 3.05) is 14.2 Å². The van der Waals surface area contributed by atoms with Gasteiger partial charge in [-0.2, -0.15) is 0 Å². The molecule has 0 heterocycles. The van der Waals surface area contributed by atoms with E-state index in [2.05, 4.69) is 15.9 Å². The molecule has 0 spiro atoms. The summed E-state index contributed by atoms with van der Waals surface area (Å²) in [5.74, 6) is 1.28. The lowest BCUT2D eigenvalue weighted by molar-refractivity contribution is 0.386. The van der Waals surface area contributed by atoms with Gasteiger partial charge in [-0.1, -0.05) is 29.3 Å². The van der Waals surface area contributed by atoms with E-state index in [4.69, 9.17) is 44.3 Å². The molecule has 0 aliphatic carbocycles. The molecule has 0 saturated heterocycles. The molecule has 0 N–H and O–H groups in total. The standard InChI is InChI=1S/C15H12BrCl3O2/c1-20-12-6-5-10(15(21-2)13(12)16)14(19)9-4-3-8(17)7-11(9)18/h3-7,14H,1-2H3. The third kappa shape index (κ3) is 3.42. The maximum Gasteiger partial charge on any atom is 0.141 e. The van der Waals surface area contributed by atoms with Gasteiger partial charge in [0.1, 0.15) is 16.0 Å². The Morgan fingerprint density at radius 1 is 1.00 bits per heavy atom. The summed E-state index contributed by atoms with van der Waals surface area (Å²) in [4.78, 5) is 0. The van der Waals surface area contributed by atoms with E-state index in [9.17, 15) is 0 Å². The summed E-state index contributed by atoms with van der Waals surface area (Å²) >= 11 is 22.2. The highest BCUT2D eigenvalue weighted by Crippen LogP contribution is 2.44. The second-order valence-corrected chi connectivity index (χ2v) is 6.31. The van der Waals surface area contributed by atoms with Gasteiger partial charge in [0.25, 0.3) is 0 Å². The lowest BCUT2D eigenvalue weighted by Gasteiger charge is -2.18. The number of rotatable bonds is 4. The van der Waals surface area contributed by atoms with Crippen LogP contribution < -0.4 is 9.47 Å². The molecule has 0 aliphatic heterocycles. The van der Waals surface area contributed by atoms with Crippen molar-refractivity contribution in [1.29, 1.82) is 0 Å². The number of hydrogen-bond donors (Lipinski definition) is 0. The van der Waals surface area contributed by atoms with Crippen LogP contribution in [0.2, 0.25) is 10.0 Å². The fraction of sp³-hybridized carbons (Fsp3) is 0.200. The highest BCUT2D eigenvalue weighted by molar-refractivity contribution is 9.10. The number of hydrogen-bond acceptors (Lipinski definition) is 2. The number of benzene rings is 2. The van der Waals surface area contributed by atoms with E-state index in [1.54, 1.807) is 32.4 Å². The van der Waals surface area contributed by atoms with Crippen molar-refractivity contribution >= 4 is 50.7 Å². The summed E-state index contributed by atoms with van der Waals surface area (Å²) < 4.78 is 11.4. The Balaban J connectivity index is 2.52. The minimum atomic E-state index is -0.466. The number of alkyl halides is 1. The summed E-state index contributed by atoms with van der Waals surface area (Å²) in [6.45, 7) is 0. The first-order valence-electron chi connectivity index (χ1n) is 5.99. The lowest BCUT2D eigenvalue weighted by atomic mass is 10.0. The maximum absolute atomic E-state index is 6.57. The third-order valence-electron chi connectivity index (χ3n) is 3.02. The zero-order valence-corrected chi connectivity index (χ0v) is 15.1. The van der Waals surface area contributed by atoms with E-state index >= 15 is 0 Å². The summed E-state index contributed by atoms with van der Waals surface area (Å²) in [5, 5.41) is 0.610. The minimum Gasteiger partial charge on any atom is -0.495 e. The molecule has 0 saturated carbocycles. The second kappa shape index (κ2) is 7.10. The normalized spacial score (nSPS) is 12.1. The van der Waals surface area contributed by atoms with Crippen molar-refractivity contribution in [3.05, 3.63) is 56.0 Å². The van der Waals surface area contributed by atoms with Crippen LogP contribution in [0.5, 0.6) is 11.5 Å². The van der Waals surface area contributed by atoms with Gasteiger partial charge in [0, 0.05) is 15.6 Å². The molecule has 112 valence electrons. The second-order valence-electron chi connectivity index (χ2n) is 4.23. The third-order valence-corrected chi connectivity index (χ3v) is 4.81. The van der Waals surface area contributed by atoms with E-state index in [1.165, 1.54) is 0 Å². The zero-order chi connectivity index (χ0) is 15.6. The largest absolute Gasteiger partial charge is 0.495 e. The van der Waals surface area contributed by atoms with Gasteiger partial charge in [0.05, 0.1) is 19.6 Å². The van der Waals surface area contributed by atoms with Crippen LogP contribution in [-0.4, -0.2) is 14.2 Å². The van der Waals surface area contributed by atoms with Crippen molar-refractivity contribution in [3.8, 4) is 11.5 Å². The molecule has 0 fully saturated rings. The summed E-state index contributed by atoms with van der Waals surface area (Å²) in [7, 11) is 3.17. The van der Waals surface area contributed by atoms with E-state index in [0.29, 0.717) is 26.0 Å². The summed E-state index contributed by atoms with van der Waals surface area (Å²) in [6.07, 6.45) is 0. The van der Waals surface area contributed by atoms with Gasteiger partial charge in [-0.05, 0) is 45.8 Å². The molecule has 1 atom stereocenters. The molecule has 1 unspecified atom stereocenters. The first kappa shape index (κ1) is 16.8. The van der Waals surface area contributed by atoms with Crippen LogP contribution >= 0.6 is 50.7 Å². The molecule has 2 aromatic carbocycles. The van der Waals surface area contributed by atoms with Crippen LogP contribution in [0.1, 0.15) is 16.5 Å². The molecular formula is C15H12BrCl3O2. The fourth-order valence-corrected chi connectivity index (χ4v) is 3.61. The molecule has 2 rings (SSSR count). The Kier molecular flexibility index (Phi) is 5.67. The van der Waals surface area contributed by atoms with Crippen molar-refractivity contribution < 1.29 is 9.47 Å². The molecule has 0 radical (unpaired) electrons. The zero-order valence-electron chi connectivity index (χ0n) is 11.3. The molecular weight excluding hydrogens is 398 g/mol. The maximum atomic E-state index is 6.57. The topological polar surface area (TPSA) is 18.5 Å². The first-order valence-corrected chi connectivity index (χ1v) is 7.97. The quantitative estimate of drug-likeness (QED) is 0.567. The molecule has 0 aliphatic rings. The molecule has 21 heavy (non-hydrogen) atoms. The molecule has 2 aromatic rings. The van der Waals surface area contributed by atoms with Gasteiger partial charge in [0.15, 0.2) is 0 Å². The van der Waals surface area contributed by atoms with Crippen LogP contribution in [0.15, 0.2) is 34.8 Å². The average Bonchev–Trinajstić information content (AvgIpc) is 2.46. The molecule has 2 nitrogen and oxygen atoms in total. The number of halogens is 4. The summed E-state index contributed by atoms with van der Waals surface area (Å²) in [5.41, 5.74) is 1.55. The number of ether oxygens (including phenoxy) is 2. The highest BCUT2D eigenvalue weighted by Gasteiger charge is 2.22. The fourth-order valence-electron chi connectivity index (χ4n) is 1.99. The van der Waals surface area contributed by atoms with Crippen LogP contribution in [0.3, 0.4) is 0 Å².